The zero-order chi connectivity index (χ0) is 13.7. The van der Waals surface area contributed by atoms with Crippen molar-refractivity contribution in [3.8, 4) is 0 Å². The Kier molecular flexibility index (Phi) is 2.76. The number of sulfonamides is 1. The molecule has 5 nitrogen and oxygen atoms in total. The molecular formula is C13H19N3O2S. The Balaban J connectivity index is 1.76. The van der Waals surface area contributed by atoms with E-state index in [1.807, 2.05) is 0 Å². The fourth-order valence-electron chi connectivity index (χ4n) is 2.72. The van der Waals surface area contributed by atoms with Crippen LogP contribution in [0.3, 0.4) is 0 Å². The van der Waals surface area contributed by atoms with E-state index >= 15 is 0 Å². The number of nitrogen functional groups attached to an aromatic ring is 1. The van der Waals surface area contributed by atoms with Crippen molar-refractivity contribution in [3.05, 3.63) is 18.2 Å². The van der Waals surface area contributed by atoms with Crippen LogP contribution in [-0.2, 0) is 10.0 Å². The van der Waals surface area contributed by atoms with Crippen LogP contribution < -0.4 is 16.2 Å². The minimum Gasteiger partial charge on any atom is -0.397 e. The Morgan fingerprint density at radius 3 is 2.53 bits per heavy atom. The van der Waals surface area contributed by atoms with Gasteiger partial charge in [0.15, 0.2) is 0 Å². The van der Waals surface area contributed by atoms with Crippen molar-refractivity contribution in [2.75, 3.05) is 17.6 Å². The van der Waals surface area contributed by atoms with Gasteiger partial charge in [-0.25, -0.2) is 13.6 Å². The van der Waals surface area contributed by atoms with Gasteiger partial charge in [0.1, 0.15) is 0 Å². The molecule has 0 radical (unpaired) electrons. The van der Waals surface area contributed by atoms with Gasteiger partial charge in [-0.3, -0.25) is 0 Å². The van der Waals surface area contributed by atoms with E-state index in [9.17, 15) is 8.42 Å². The van der Waals surface area contributed by atoms with Crippen LogP contribution >= 0.6 is 0 Å². The highest BCUT2D eigenvalue weighted by atomic mass is 32.2. The quantitative estimate of drug-likeness (QED) is 0.713. The summed E-state index contributed by atoms with van der Waals surface area (Å²) in [6, 6.07) is 4.54. The molecule has 0 aliphatic heterocycles. The molecule has 2 fully saturated rings. The van der Waals surface area contributed by atoms with Crippen LogP contribution in [0.1, 0.15) is 25.7 Å². The lowest BCUT2D eigenvalue weighted by atomic mass is 10.0. The Labute approximate surface area is 113 Å². The summed E-state index contributed by atoms with van der Waals surface area (Å²) in [4.78, 5) is 0.0977. The van der Waals surface area contributed by atoms with Crippen molar-refractivity contribution >= 4 is 21.4 Å². The van der Waals surface area contributed by atoms with Gasteiger partial charge >= 0.3 is 0 Å². The van der Waals surface area contributed by atoms with Gasteiger partial charge in [-0.1, -0.05) is 0 Å². The SMILES string of the molecule is Nc1ccc(S(N)(=O)=O)cc1NCC1(C2CC2)CC1. The molecule has 0 amide bonds. The third-order valence-electron chi connectivity index (χ3n) is 4.32. The zero-order valence-electron chi connectivity index (χ0n) is 10.7. The molecule has 2 saturated carbocycles. The lowest BCUT2D eigenvalue weighted by Crippen LogP contribution is -2.19. The largest absolute Gasteiger partial charge is 0.397 e. The first-order valence-electron chi connectivity index (χ1n) is 6.57. The van der Waals surface area contributed by atoms with E-state index in [0.717, 1.165) is 12.5 Å². The highest BCUT2D eigenvalue weighted by Crippen LogP contribution is 2.61. The van der Waals surface area contributed by atoms with Crippen molar-refractivity contribution in [2.45, 2.75) is 30.6 Å². The van der Waals surface area contributed by atoms with Gasteiger partial charge in [0.25, 0.3) is 0 Å². The third kappa shape index (κ3) is 2.55. The van der Waals surface area contributed by atoms with E-state index in [0.29, 0.717) is 16.8 Å². The summed E-state index contributed by atoms with van der Waals surface area (Å²) in [5.74, 6) is 0.850. The lowest BCUT2D eigenvalue weighted by Gasteiger charge is -2.17. The Morgan fingerprint density at radius 1 is 1.32 bits per heavy atom. The number of hydrogen-bond donors (Lipinski definition) is 3. The van der Waals surface area contributed by atoms with Crippen LogP contribution in [-0.4, -0.2) is 15.0 Å². The molecule has 0 aromatic heterocycles. The second-order valence-corrected chi connectivity index (χ2v) is 7.35. The van der Waals surface area contributed by atoms with Crippen molar-refractivity contribution in [1.29, 1.82) is 0 Å². The average molecular weight is 281 g/mol. The summed E-state index contributed by atoms with van der Waals surface area (Å²) >= 11 is 0. The second-order valence-electron chi connectivity index (χ2n) is 5.78. The zero-order valence-corrected chi connectivity index (χ0v) is 11.5. The Hall–Kier alpha value is -1.27. The maximum absolute atomic E-state index is 11.3. The van der Waals surface area contributed by atoms with Crippen LogP contribution in [0.5, 0.6) is 0 Å². The molecule has 1 aromatic rings. The van der Waals surface area contributed by atoms with Crippen LogP contribution in [0, 0.1) is 11.3 Å². The lowest BCUT2D eigenvalue weighted by molar-refractivity contribution is 0.467. The minimum absolute atomic E-state index is 0.0977. The summed E-state index contributed by atoms with van der Waals surface area (Å²) in [7, 11) is -3.68. The summed E-state index contributed by atoms with van der Waals surface area (Å²) in [6.45, 7) is 0.871. The normalized spacial score (nSPS) is 21.1. The molecule has 5 N–H and O–H groups in total. The maximum atomic E-state index is 11.3. The summed E-state index contributed by atoms with van der Waals surface area (Å²) in [5.41, 5.74) is 7.53. The second kappa shape index (κ2) is 4.11. The maximum Gasteiger partial charge on any atom is 0.238 e. The van der Waals surface area contributed by atoms with Crippen LogP contribution in [0.4, 0.5) is 11.4 Å². The molecule has 1 aromatic carbocycles. The number of primary sulfonamides is 1. The van der Waals surface area contributed by atoms with Gasteiger partial charge in [0.05, 0.1) is 16.3 Å². The fourth-order valence-corrected chi connectivity index (χ4v) is 3.26. The Morgan fingerprint density at radius 2 is 2.00 bits per heavy atom. The molecule has 0 heterocycles. The first kappa shape index (κ1) is 12.7. The van der Waals surface area contributed by atoms with Crippen molar-refractivity contribution in [2.24, 2.45) is 16.5 Å². The van der Waals surface area contributed by atoms with Gasteiger partial charge in [-0.2, -0.15) is 0 Å². The van der Waals surface area contributed by atoms with E-state index in [1.54, 1.807) is 6.07 Å². The molecule has 6 heteroatoms. The topological polar surface area (TPSA) is 98.2 Å². The number of rotatable bonds is 5. The number of nitrogens with one attached hydrogen (secondary N) is 1. The van der Waals surface area contributed by atoms with Gasteiger partial charge in [-0.15, -0.1) is 0 Å². The number of hydrogen-bond acceptors (Lipinski definition) is 4. The van der Waals surface area contributed by atoms with E-state index in [1.165, 1.54) is 37.8 Å². The molecule has 19 heavy (non-hydrogen) atoms. The van der Waals surface area contributed by atoms with Crippen LogP contribution in [0.2, 0.25) is 0 Å². The molecule has 2 aliphatic rings. The van der Waals surface area contributed by atoms with E-state index in [4.69, 9.17) is 10.9 Å². The van der Waals surface area contributed by atoms with Crippen LogP contribution in [0.15, 0.2) is 23.1 Å². The molecule has 2 aliphatic carbocycles. The van der Waals surface area contributed by atoms with Crippen molar-refractivity contribution < 1.29 is 8.42 Å². The highest BCUT2D eigenvalue weighted by molar-refractivity contribution is 7.89. The van der Waals surface area contributed by atoms with Crippen molar-refractivity contribution in [3.63, 3.8) is 0 Å². The molecule has 0 bridgehead atoms. The highest BCUT2D eigenvalue weighted by Gasteiger charge is 2.53. The smallest absolute Gasteiger partial charge is 0.238 e. The molecule has 3 rings (SSSR count). The van der Waals surface area contributed by atoms with E-state index in [2.05, 4.69) is 5.32 Å². The summed E-state index contributed by atoms with van der Waals surface area (Å²) in [6.07, 6.45) is 5.18. The molecule has 0 atom stereocenters. The predicted molar refractivity (Wildman–Crippen MR) is 75.1 cm³/mol. The van der Waals surface area contributed by atoms with Gasteiger partial charge in [0.2, 0.25) is 10.0 Å². The predicted octanol–water partition coefficient (Wildman–Crippen LogP) is 1.52. The summed E-state index contributed by atoms with van der Waals surface area (Å²) in [5, 5.41) is 8.44. The first-order chi connectivity index (χ1) is 8.91. The van der Waals surface area contributed by atoms with Crippen molar-refractivity contribution in [1.82, 2.24) is 0 Å². The Bertz CT molecular complexity index is 604. The fraction of sp³-hybridized carbons (Fsp3) is 0.538. The number of nitrogens with two attached hydrogens (primary N) is 2. The number of anilines is 2. The van der Waals surface area contributed by atoms with E-state index in [-0.39, 0.29) is 4.90 Å². The monoisotopic (exact) mass is 281 g/mol. The molecule has 0 unspecified atom stereocenters. The molecule has 0 spiro atoms. The standard InChI is InChI=1S/C13H19N3O2S/c14-11-4-3-10(19(15,17)18)7-12(11)16-8-13(5-6-13)9-1-2-9/h3-4,7,9,16H,1-2,5-6,8,14H2,(H2,15,17,18). The molecular weight excluding hydrogens is 262 g/mol. The average Bonchev–Trinajstić information content (AvgIpc) is 3.19. The van der Waals surface area contributed by atoms with Gasteiger partial charge in [0, 0.05) is 6.54 Å². The third-order valence-corrected chi connectivity index (χ3v) is 5.23. The number of benzene rings is 1. The van der Waals surface area contributed by atoms with Gasteiger partial charge < -0.3 is 11.1 Å². The van der Waals surface area contributed by atoms with E-state index < -0.39 is 10.0 Å². The van der Waals surface area contributed by atoms with Gasteiger partial charge in [-0.05, 0) is 55.2 Å². The summed E-state index contributed by atoms with van der Waals surface area (Å²) < 4.78 is 22.7. The minimum atomic E-state index is -3.68. The molecule has 104 valence electrons. The molecule has 0 saturated heterocycles. The van der Waals surface area contributed by atoms with Crippen LogP contribution in [0.25, 0.3) is 0 Å². The first-order valence-corrected chi connectivity index (χ1v) is 8.12.